The molecule has 6 aromatic rings. The normalized spacial score (nSPS) is 14.3. The predicted octanol–water partition coefficient (Wildman–Crippen LogP) is 9.99. The Morgan fingerprint density at radius 2 is 1.43 bits per heavy atom. The van der Waals surface area contributed by atoms with Crippen LogP contribution in [0.3, 0.4) is 0 Å². The maximum atomic E-state index is 11.3. The highest BCUT2D eigenvalue weighted by molar-refractivity contribution is 6.20. The standard InChI is InChI=1S/C40H41N3O4/c1-3-5-12-25(4-2)24-46-28-21-35(44)37(36(45)22-28)39-41-38(42-40(43-39)47-27-14-7-8-15-27)34-23-33-29-16-9-6-13-26(29)19-20-32(33)30-17-10-11-18-31(30)34/h6,9-11,13,16-23,25,27,44-45H,3-5,7-8,12,14-15,24H2,1-2H3. The Balaban J connectivity index is 1.36. The first kappa shape index (κ1) is 30.7. The van der Waals surface area contributed by atoms with E-state index in [2.05, 4.69) is 67.4 Å². The summed E-state index contributed by atoms with van der Waals surface area (Å²) in [5, 5.41) is 29.2. The van der Waals surface area contributed by atoms with E-state index in [1.807, 2.05) is 18.2 Å². The molecule has 1 heterocycles. The summed E-state index contributed by atoms with van der Waals surface area (Å²) in [7, 11) is 0. The molecule has 1 saturated carbocycles. The fraction of sp³-hybridized carbons (Fsp3) is 0.325. The summed E-state index contributed by atoms with van der Waals surface area (Å²) in [4.78, 5) is 14.4. The number of fused-ring (bicyclic) bond motifs is 5. The summed E-state index contributed by atoms with van der Waals surface area (Å²) in [6.07, 6.45) is 8.43. The lowest BCUT2D eigenvalue weighted by atomic mass is 9.93. The molecule has 1 atom stereocenters. The molecule has 7 heteroatoms. The molecule has 1 aliphatic carbocycles. The van der Waals surface area contributed by atoms with Gasteiger partial charge in [0.05, 0.1) is 6.61 Å². The first-order valence-corrected chi connectivity index (χ1v) is 17.0. The third-order valence-corrected chi connectivity index (χ3v) is 9.52. The van der Waals surface area contributed by atoms with E-state index in [-0.39, 0.29) is 35.0 Å². The van der Waals surface area contributed by atoms with E-state index in [9.17, 15) is 10.2 Å². The molecule has 2 N–H and O–H groups in total. The Morgan fingerprint density at radius 3 is 2.17 bits per heavy atom. The van der Waals surface area contributed by atoms with Crippen molar-refractivity contribution in [1.82, 2.24) is 15.0 Å². The summed E-state index contributed by atoms with van der Waals surface area (Å²) in [5.74, 6) is 1.03. The van der Waals surface area contributed by atoms with Crippen LogP contribution in [0.2, 0.25) is 0 Å². The molecule has 0 aliphatic heterocycles. The molecule has 7 rings (SSSR count). The van der Waals surface area contributed by atoms with Crippen molar-refractivity contribution in [2.45, 2.75) is 71.3 Å². The van der Waals surface area contributed by atoms with E-state index in [0.717, 1.165) is 89.2 Å². The molecule has 0 saturated heterocycles. The number of hydrogen-bond acceptors (Lipinski definition) is 7. The monoisotopic (exact) mass is 627 g/mol. The highest BCUT2D eigenvalue weighted by Crippen LogP contribution is 2.42. The van der Waals surface area contributed by atoms with Crippen molar-refractivity contribution in [3.05, 3.63) is 78.9 Å². The zero-order valence-corrected chi connectivity index (χ0v) is 27.1. The molecular weight excluding hydrogens is 586 g/mol. The number of phenols is 2. The van der Waals surface area contributed by atoms with Gasteiger partial charge in [0.25, 0.3) is 0 Å². The van der Waals surface area contributed by atoms with E-state index in [4.69, 9.17) is 19.4 Å². The number of unbranched alkanes of at least 4 members (excludes halogenated alkanes) is 1. The van der Waals surface area contributed by atoms with Gasteiger partial charge in [-0.3, -0.25) is 0 Å². The molecule has 0 bridgehead atoms. The number of aromatic nitrogens is 3. The van der Waals surface area contributed by atoms with E-state index in [1.54, 1.807) is 0 Å². The number of aromatic hydroxyl groups is 2. The van der Waals surface area contributed by atoms with Crippen LogP contribution in [-0.4, -0.2) is 37.9 Å². The molecule has 0 spiro atoms. The summed E-state index contributed by atoms with van der Waals surface area (Å²) >= 11 is 0. The summed E-state index contributed by atoms with van der Waals surface area (Å²) in [6.45, 7) is 4.86. The van der Waals surface area contributed by atoms with Gasteiger partial charge in [-0.2, -0.15) is 9.97 Å². The summed E-state index contributed by atoms with van der Waals surface area (Å²) in [6, 6.07) is 26.3. The second kappa shape index (κ2) is 13.4. The molecule has 1 fully saturated rings. The van der Waals surface area contributed by atoms with Crippen molar-refractivity contribution >= 4 is 32.3 Å². The van der Waals surface area contributed by atoms with Gasteiger partial charge in [-0.15, -0.1) is 0 Å². The topological polar surface area (TPSA) is 97.6 Å². The lowest BCUT2D eigenvalue weighted by Gasteiger charge is -2.17. The molecule has 1 aromatic heterocycles. The van der Waals surface area contributed by atoms with E-state index >= 15 is 0 Å². The minimum Gasteiger partial charge on any atom is -0.507 e. The zero-order valence-electron chi connectivity index (χ0n) is 27.1. The number of benzene rings is 5. The SMILES string of the molecule is CCCCC(CC)COc1cc(O)c(-c2nc(OC3CCCC3)nc(-c3cc4c5ccccc5ccc4c4ccccc34)n2)c(O)c1. The summed E-state index contributed by atoms with van der Waals surface area (Å²) < 4.78 is 12.4. The number of ether oxygens (including phenoxy) is 2. The van der Waals surface area contributed by atoms with Crippen LogP contribution in [0.1, 0.15) is 65.2 Å². The van der Waals surface area contributed by atoms with Crippen molar-refractivity contribution in [2.24, 2.45) is 5.92 Å². The van der Waals surface area contributed by atoms with Crippen LogP contribution in [-0.2, 0) is 0 Å². The lowest BCUT2D eigenvalue weighted by Crippen LogP contribution is -2.14. The number of rotatable bonds is 11. The minimum atomic E-state index is -0.167. The van der Waals surface area contributed by atoms with Crippen LogP contribution in [0.25, 0.3) is 55.1 Å². The third-order valence-electron chi connectivity index (χ3n) is 9.52. The van der Waals surface area contributed by atoms with E-state index in [1.165, 1.54) is 12.1 Å². The number of hydrogen-bond donors (Lipinski definition) is 2. The van der Waals surface area contributed by atoms with Crippen molar-refractivity contribution in [1.29, 1.82) is 0 Å². The van der Waals surface area contributed by atoms with E-state index in [0.29, 0.717) is 24.1 Å². The highest BCUT2D eigenvalue weighted by atomic mass is 16.5. The van der Waals surface area contributed by atoms with Crippen LogP contribution in [0.4, 0.5) is 0 Å². The maximum absolute atomic E-state index is 11.3. The Hall–Kier alpha value is -4.91. The molecule has 240 valence electrons. The average molecular weight is 628 g/mol. The van der Waals surface area contributed by atoms with Gasteiger partial charge in [-0.25, -0.2) is 4.98 Å². The lowest BCUT2D eigenvalue weighted by molar-refractivity contribution is 0.192. The second-order valence-electron chi connectivity index (χ2n) is 12.7. The van der Waals surface area contributed by atoms with Gasteiger partial charge in [0.15, 0.2) is 11.6 Å². The molecule has 47 heavy (non-hydrogen) atoms. The van der Waals surface area contributed by atoms with Crippen molar-refractivity contribution < 1.29 is 19.7 Å². The Morgan fingerprint density at radius 1 is 0.745 bits per heavy atom. The van der Waals surface area contributed by atoms with Gasteiger partial charge in [0.2, 0.25) is 0 Å². The van der Waals surface area contributed by atoms with Crippen molar-refractivity contribution in [3.8, 4) is 46.0 Å². The number of phenolic OH excluding ortho intramolecular Hbond substituents is 2. The molecule has 7 nitrogen and oxygen atoms in total. The third kappa shape index (κ3) is 6.27. The first-order chi connectivity index (χ1) is 23.0. The summed E-state index contributed by atoms with van der Waals surface area (Å²) in [5.41, 5.74) is 0.937. The van der Waals surface area contributed by atoms with Gasteiger partial charge < -0.3 is 19.7 Å². The van der Waals surface area contributed by atoms with Crippen molar-refractivity contribution in [3.63, 3.8) is 0 Å². The zero-order chi connectivity index (χ0) is 32.3. The molecule has 1 aliphatic rings. The van der Waals surface area contributed by atoms with Gasteiger partial charge in [0.1, 0.15) is 28.9 Å². The smallest absolute Gasteiger partial charge is 0.320 e. The average Bonchev–Trinajstić information content (AvgIpc) is 3.60. The van der Waals surface area contributed by atoms with Crippen LogP contribution < -0.4 is 9.47 Å². The maximum Gasteiger partial charge on any atom is 0.320 e. The van der Waals surface area contributed by atoms with Crippen LogP contribution in [0.5, 0.6) is 23.3 Å². The Bertz CT molecular complexity index is 2030. The molecular formula is C40H41N3O4. The van der Waals surface area contributed by atoms with Gasteiger partial charge in [-0.1, -0.05) is 93.8 Å². The Kier molecular flexibility index (Phi) is 8.79. The second-order valence-corrected chi connectivity index (χ2v) is 12.7. The highest BCUT2D eigenvalue weighted by Gasteiger charge is 2.24. The Labute approximate surface area is 275 Å². The minimum absolute atomic E-state index is 0.00702. The largest absolute Gasteiger partial charge is 0.507 e. The van der Waals surface area contributed by atoms with Crippen LogP contribution in [0, 0.1) is 5.92 Å². The van der Waals surface area contributed by atoms with E-state index < -0.39 is 0 Å². The molecule has 0 radical (unpaired) electrons. The first-order valence-electron chi connectivity index (χ1n) is 17.0. The van der Waals surface area contributed by atoms with Gasteiger partial charge in [-0.05, 0) is 76.4 Å². The number of nitrogens with zero attached hydrogens (tertiary/aromatic N) is 3. The van der Waals surface area contributed by atoms with Gasteiger partial charge >= 0.3 is 6.01 Å². The van der Waals surface area contributed by atoms with Crippen LogP contribution in [0.15, 0.2) is 78.9 Å². The quantitative estimate of drug-likeness (QED) is 0.138. The fourth-order valence-electron chi connectivity index (χ4n) is 6.85. The van der Waals surface area contributed by atoms with Crippen molar-refractivity contribution in [2.75, 3.05) is 6.61 Å². The molecule has 5 aromatic carbocycles. The predicted molar refractivity (Wildman–Crippen MR) is 188 cm³/mol. The fourth-order valence-corrected chi connectivity index (χ4v) is 6.85. The van der Waals surface area contributed by atoms with Gasteiger partial charge in [0, 0.05) is 17.7 Å². The molecule has 1 unspecified atom stereocenters. The van der Waals surface area contributed by atoms with Crippen LogP contribution >= 0.6 is 0 Å². The molecule has 0 amide bonds.